The van der Waals surface area contributed by atoms with Gasteiger partial charge in [-0.15, -0.1) is 0 Å². The molecule has 1 aliphatic rings. The maximum atomic E-state index is 12.1. The molecular weight excluding hydrogens is 282 g/mol. The maximum absolute atomic E-state index is 12.1. The smallest absolute Gasteiger partial charge is 0.407 e. The number of carboxylic acids is 1. The minimum absolute atomic E-state index is 0.0609. The van der Waals surface area contributed by atoms with Gasteiger partial charge in [-0.2, -0.15) is 0 Å². The zero-order valence-corrected chi connectivity index (χ0v) is 12.9. The summed E-state index contributed by atoms with van der Waals surface area (Å²) in [5.74, 6) is -0.671. The molecule has 1 fully saturated rings. The molecule has 0 heterocycles. The van der Waals surface area contributed by atoms with Crippen LogP contribution in [0.3, 0.4) is 0 Å². The Morgan fingerprint density at radius 3 is 2.50 bits per heavy atom. The van der Waals surface area contributed by atoms with Crippen molar-refractivity contribution in [3.8, 4) is 0 Å². The number of carboxylic acid groups (broad SMARTS) is 1. The molecule has 1 aliphatic carbocycles. The second-order valence-electron chi connectivity index (χ2n) is 5.89. The zero-order valence-electron chi connectivity index (χ0n) is 12.9. The third-order valence-electron chi connectivity index (χ3n) is 4.55. The fraction of sp³-hybridized carbons (Fsp3) is 0.529. The van der Waals surface area contributed by atoms with Crippen molar-refractivity contribution < 1.29 is 19.4 Å². The van der Waals surface area contributed by atoms with Crippen LogP contribution in [0.15, 0.2) is 30.3 Å². The van der Waals surface area contributed by atoms with Crippen LogP contribution in [-0.4, -0.2) is 22.7 Å². The Labute approximate surface area is 130 Å². The van der Waals surface area contributed by atoms with Gasteiger partial charge in [0.15, 0.2) is 0 Å². The average Bonchev–Trinajstić information content (AvgIpc) is 2.43. The summed E-state index contributed by atoms with van der Waals surface area (Å²) < 4.78 is 5.24. The fourth-order valence-electron chi connectivity index (χ4n) is 2.99. The number of hydrogen-bond donors (Lipinski definition) is 2. The van der Waals surface area contributed by atoms with Crippen LogP contribution >= 0.6 is 0 Å². The van der Waals surface area contributed by atoms with E-state index in [0.717, 1.165) is 24.8 Å². The van der Waals surface area contributed by atoms with Crippen LogP contribution in [0.4, 0.5) is 4.79 Å². The van der Waals surface area contributed by atoms with Gasteiger partial charge in [0.1, 0.15) is 6.61 Å². The van der Waals surface area contributed by atoms with Crippen molar-refractivity contribution in [3.63, 3.8) is 0 Å². The first-order chi connectivity index (χ1) is 10.6. The van der Waals surface area contributed by atoms with Gasteiger partial charge in [0.25, 0.3) is 0 Å². The van der Waals surface area contributed by atoms with Crippen LogP contribution in [-0.2, 0) is 16.1 Å². The average molecular weight is 305 g/mol. The van der Waals surface area contributed by atoms with Crippen molar-refractivity contribution in [1.82, 2.24) is 5.32 Å². The van der Waals surface area contributed by atoms with Crippen molar-refractivity contribution in [1.29, 1.82) is 0 Å². The minimum atomic E-state index is -0.892. The number of benzene rings is 1. The van der Waals surface area contributed by atoms with Crippen molar-refractivity contribution in [3.05, 3.63) is 35.9 Å². The van der Waals surface area contributed by atoms with Gasteiger partial charge in [-0.1, -0.05) is 43.7 Å². The van der Waals surface area contributed by atoms with Gasteiger partial charge in [0, 0.05) is 0 Å². The third kappa shape index (κ3) is 4.00. The molecule has 0 bridgehead atoms. The van der Waals surface area contributed by atoms with Gasteiger partial charge >= 0.3 is 12.1 Å². The van der Waals surface area contributed by atoms with E-state index >= 15 is 0 Å². The number of alkyl carbamates (subject to hydrolysis) is 1. The molecule has 1 aromatic carbocycles. The number of nitrogens with one attached hydrogen (secondary N) is 1. The molecule has 2 N–H and O–H groups in total. The van der Waals surface area contributed by atoms with Crippen molar-refractivity contribution in [2.24, 2.45) is 5.92 Å². The van der Waals surface area contributed by atoms with Crippen LogP contribution in [0.5, 0.6) is 0 Å². The second kappa shape index (κ2) is 7.29. The van der Waals surface area contributed by atoms with E-state index in [2.05, 4.69) is 5.32 Å². The molecular formula is C17H23NO4. The molecule has 0 spiro atoms. The van der Waals surface area contributed by atoms with Crippen molar-refractivity contribution in [2.45, 2.75) is 51.2 Å². The number of rotatable bonds is 7. The Kier molecular flexibility index (Phi) is 5.41. The summed E-state index contributed by atoms with van der Waals surface area (Å²) in [5, 5.41) is 12.0. The normalized spacial score (nSPS) is 17.1. The lowest BCUT2D eigenvalue weighted by Crippen LogP contribution is -2.56. The lowest BCUT2D eigenvalue weighted by Gasteiger charge is -2.44. The molecule has 5 heteroatoms. The first-order valence-corrected chi connectivity index (χ1v) is 7.76. The molecule has 1 aromatic rings. The summed E-state index contributed by atoms with van der Waals surface area (Å²) in [4.78, 5) is 23.3. The van der Waals surface area contributed by atoms with Gasteiger partial charge in [-0.3, -0.25) is 4.79 Å². The minimum Gasteiger partial charge on any atom is -0.481 e. The summed E-state index contributed by atoms with van der Waals surface area (Å²) >= 11 is 0. The monoisotopic (exact) mass is 305 g/mol. The van der Waals surface area contributed by atoms with Crippen LogP contribution in [0.25, 0.3) is 0 Å². The molecule has 2 rings (SSSR count). The lowest BCUT2D eigenvalue weighted by atomic mass is 9.68. The molecule has 0 aromatic heterocycles. The maximum Gasteiger partial charge on any atom is 0.407 e. The Bertz CT molecular complexity index is 513. The molecule has 0 aliphatic heterocycles. The number of ether oxygens (including phenoxy) is 1. The van der Waals surface area contributed by atoms with E-state index in [1.165, 1.54) is 0 Å². The van der Waals surface area contributed by atoms with Gasteiger partial charge in [-0.05, 0) is 30.7 Å². The predicted molar refractivity (Wildman–Crippen MR) is 82.4 cm³/mol. The van der Waals surface area contributed by atoms with Crippen molar-refractivity contribution in [2.75, 3.05) is 0 Å². The first-order valence-electron chi connectivity index (χ1n) is 7.76. The van der Waals surface area contributed by atoms with E-state index in [0.29, 0.717) is 6.42 Å². The first kappa shape index (κ1) is 16.3. The largest absolute Gasteiger partial charge is 0.481 e. The predicted octanol–water partition coefficient (Wildman–Crippen LogP) is 3.34. The van der Waals surface area contributed by atoms with Crippen LogP contribution in [0.1, 0.15) is 44.6 Å². The van der Waals surface area contributed by atoms with Crippen molar-refractivity contribution >= 4 is 12.1 Å². The number of carbonyl (C=O) groups excluding carboxylic acids is 1. The molecule has 120 valence electrons. The molecule has 22 heavy (non-hydrogen) atoms. The topological polar surface area (TPSA) is 75.6 Å². The number of aliphatic carboxylic acids is 1. The van der Waals surface area contributed by atoms with Gasteiger partial charge in [0.2, 0.25) is 0 Å². The van der Waals surface area contributed by atoms with E-state index in [9.17, 15) is 14.7 Å². The number of carbonyl (C=O) groups is 2. The van der Waals surface area contributed by atoms with Crippen LogP contribution in [0.2, 0.25) is 0 Å². The van der Waals surface area contributed by atoms with Gasteiger partial charge < -0.3 is 15.2 Å². The van der Waals surface area contributed by atoms with E-state index in [1.54, 1.807) is 0 Å². The highest BCUT2D eigenvalue weighted by Gasteiger charge is 2.43. The second-order valence-corrected chi connectivity index (χ2v) is 5.89. The Morgan fingerprint density at radius 1 is 1.32 bits per heavy atom. The molecule has 1 saturated carbocycles. The summed E-state index contributed by atoms with van der Waals surface area (Å²) in [6.45, 7) is 2.10. The lowest BCUT2D eigenvalue weighted by molar-refractivity contribution is -0.139. The highest BCUT2D eigenvalue weighted by Crippen LogP contribution is 2.40. The SMILES string of the molecule is CCC(CC(=O)O)(NC(=O)OCc1ccccc1)C1CCC1. The van der Waals surface area contributed by atoms with E-state index in [4.69, 9.17) is 4.74 Å². The number of amides is 1. The highest BCUT2D eigenvalue weighted by atomic mass is 16.5. The summed E-state index contributed by atoms with van der Waals surface area (Å²) in [5.41, 5.74) is 0.208. The van der Waals surface area contributed by atoms with E-state index in [-0.39, 0.29) is 18.9 Å². The zero-order chi connectivity index (χ0) is 16.0. The highest BCUT2D eigenvalue weighted by molar-refractivity contribution is 5.73. The fourth-order valence-corrected chi connectivity index (χ4v) is 2.99. The van der Waals surface area contributed by atoms with E-state index in [1.807, 2.05) is 37.3 Å². The quantitative estimate of drug-likeness (QED) is 0.810. The standard InChI is InChI=1S/C17H23NO4/c1-2-17(11-15(19)20,14-9-6-10-14)18-16(21)22-12-13-7-4-3-5-8-13/h3-5,7-8,14H,2,6,9-12H2,1H3,(H,18,21)(H,19,20). The van der Waals surface area contributed by atoms with Crippen LogP contribution in [0, 0.1) is 5.92 Å². The summed E-state index contributed by atoms with van der Waals surface area (Å²) in [6, 6.07) is 9.42. The third-order valence-corrected chi connectivity index (χ3v) is 4.55. The molecule has 1 atom stereocenters. The molecule has 0 radical (unpaired) electrons. The number of hydrogen-bond acceptors (Lipinski definition) is 3. The van der Waals surface area contributed by atoms with Crippen LogP contribution < -0.4 is 5.32 Å². The van der Waals surface area contributed by atoms with Gasteiger partial charge in [0.05, 0.1) is 12.0 Å². The Hall–Kier alpha value is -2.04. The van der Waals surface area contributed by atoms with Gasteiger partial charge in [-0.25, -0.2) is 4.79 Å². The Balaban J connectivity index is 1.96. The molecule has 1 unspecified atom stereocenters. The Morgan fingerprint density at radius 2 is 2.00 bits per heavy atom. The molecule has 5 nitrogen and oxygen atoms in total. The molecule has 1 amide bonds. The summed E-state index contributed by atoms with van der Waals surface area (Å²) in [7, 11) is 0. The summed E-state index contributed by atoms with van der Waals surface area (Å²) in [6.07, 6.45) is 2.99. The molecule has 0 saturated heterocycles. The van der Waals surface area contributed by atoms with E-state index < -0.39 is 17.6 Å².